The number of hydrogen-bond donors (Lipinski definition) is 1. The molecule has 0 aromatic carbocycles. The summed E-state index contributed by atoms with van der Waals surface area (Å²) < 4.78 is 2.38. The van der Waals surface area contributed by atoms with Gasteiger partial charge in [-0.1, -0.05) is 45.4 Å². The lowest BCUT2D eigenvalue weighted by Crippen LogP contribution is -2.11. The molecule has 0 aliphatic heterocycles. The fourth-order valence-electron chi connectivity index (χ4n) is 4.23. The zero-order valence-corrected chi connectivity index (χ0v) is 13.6. The average Bonchev–Trinajstić information content (AvgIpc) is 3.14. The lowest BCUT2D eigenvalue weighted by atomic mass is 9.87. The van der Waals surface area contributed by atoms with Crippen molar-refractivity contribution in [2.45, 2.75) is 95.9 Å². The number of nitrogens with two attached hydrogens (primary N) is 1. The Kier molecular flexibility index (Phi) is 4.87. The van der Waals surface area contributed by atoms with Crippen molar-refractivity contribution in [1.82, 2.24) is 9.55 Å². The van der Waals surface area contributed by atoms with Crippen molar-refractivity contribution in [3.63, 3.8) is 0 Å². The van der Waals surface area contributed by atoms with Gasteiger partial charge in [0.1, 0.15) is 11.6 Å². The van der Waals surface area contributed by atoms with E-state index in [0.717, 1.165) is 12.4 Å². The van der Waals surface area contributed by atoms with Gasteiger partial charge in [-0.25, -0.2) is 4.98 Å². The molecule has 0 unspecified atom stereocenters. The predicted octanol–water partition coefficient (Wildman–Crippen LogP) is 4.97. The van der Waals surface area contributed by atoms with Crippen LogP contribution in [0.2, 0.25) is 0 Å². The first-order valence-corrected chi connectivity index (χ1v) is 9.17. The highest BCUT2D eigenvalue weighted by molar-refractivity contribution is 5.41. The SMILES string of the molecule is CCCCn1c(C2CCCC2)nc(C2CCCCC2)c1N. The number of imidazole rings is 1. The minimum atomic E-state index is 0.627. The third-order valence-electron chi connectivity index (χ3n) is 5.51. The van der Waals surface area contributed by atoms with E-state index < -0.39 is 0 Å². The third kappa shape index (κ3) is 3.12. The van der Waals surface area contributed by atoms with Crippen LogP contribution in [-0.4, -0.2) is 9.55 Å². The van der Waals surface area contributed by atoms with Gasteiger partial charge in [-0.15, -0.1) is 0 Å². The van der Waals surface area contributed by atoms with Crippen molar-refractivity contribution in [2.24, 2.45) is 0 Å². The number of hydrogen-bond acceptors (Lipinski definition) is 2. The first kappa shape index (κ1) is 14.9. The van der Waals surface area contributed by atoms with Crippen molar-refractivity contribution in [1.29, 1.82) is 0 Å². The van der Waals surface area contributed by atoms with Crippen LogP contribution < -0.4 is 5.73 Å². The molecule has 1 aromatic heterocycles. The fourth-order valence-corrected chi connectivity index (χ4v) is 4.23. The largest absolute Gasteiger partial charge is 0.384 e. The molecular formula is C18H31N3. The van der Waals surface area contributed by atoms with Gasteiger partial charge in [-0.05, 0) is 32.1 Å². The molecule has 2 fully saturated rings. The third-order valence-corrected chi connectivity index (χ3v) is 5.51. The molecule has 118 valence electrons. The molecule has 2 N–H and O–H groups in total. The average molecular weight is 289 g/mol. The van der Waals surface area contributed by atoms with E-state index >= 15 is 0 Å². The Labute approximate surface area is 129 Å². The van der Waals surface area contributed by atoms with E-state index in [9.17, 15) is 0 Å². The van der Waals surface area contributed by atoms with Crippen LogP contribution in [0.5, 0.6) is 0 Å². The van der Waals surface area contributed by atoms with Crippen molar-refractivity contribution in [2.75, 3.05) is 5.73 Å². The van der Waals surface area contributed by atoms with E-state index in [1.807, 2.05) is 0 Å². The van der Waals surface area contributed by atoms with Gasteiger partial charge < -0.3 is 10.3 Å². The maximum Gasteiger partial charge on any atom is 0.127 e. The van der Waals surface area contributed by atoms with E-state index in [-0.39, 0.29) is 0 Å². The Balaban J connectivity index is 1.88. The first-order valence-electron chi connectivity index (χ1n) is 9.17. The van der Waals surface area contributed by atoms with Crippen LogP contribution >= 0.6 is 0 Å². The number of rotatable bonds is 5. The summed E-state index contributed by atoms with van der Waals surface area (Å²) in [4.78, 5) is 5.11. The van der Waals surface area contributed by atoms with Crippen LogP contribution in [0, 0.1) is 0 Å². The summed E-state index contributed by atoms with van der Waals surface area (Å²) in [5.74, 6) is 3.61. The lowest BCUT2D eigenvalue weighted by Gasteiger charge is -2.20. The van der Waals surface area contributed by atoms with Gasteiger partial charge in [0.2, 0.25) is 0 Å². The van der Waals surface area contributed by atoms with Gasteiger partial charge in [0.05, 0.1) is 5.69 Å². The second-order valence-corrected chi connectivity index (χ2v) is 7.06. The Morgan fingerprint density at radius 3 is 2.29 bits per heavy atom. The summed E-state index contributed by atoms with van der Waals surface area (Å²) in [5.41, 5.74) is 7.79. The zero-order chi connectivity index (χ0) is 14.7. The summed E-state index contributed by atoms with van der Waals surface area (Å²) in [7, 11) is 0. The molecule has 1 aromatic rings. The molecule has 3 rings (SSSR count). The molecule has 0 amide bonds. The quantitative estimate of drug-likeness (QED) is 0.831. The number of anilines is 1. The summed E-state index contributed by atoms with van der Waals surface area (Å²) in [6.07, 6.45) is 14.5. The Morgan fingerprint density at radius 1 is 1.00 bits per heavy atom. The minimum absolute atomic E-state index is 0.627. The van der Waals surface area contributed by atoms with Gasteiger partial charge >= 0.3 is 0 Å². The predicted molar refractivity (Wildman–Crippen MR) is 88.6 cm³/mol. The molecule has 0 bridgehead atoms. The van der Waals surface area contributed by atoms with Crippen LogP contribution in [0.4, 0.5) is 5.82 Å². The maximum atomic E-state index is 6.54. The van der Waals surface area contributed by atoms with Crippen LogP contribution in [0.3, 0.4) is 0 Å². The molecule has 0 saturated heterocycles. The Bertz CT molecular complexity index is 451. The molecule has 3 heteroatoms. The molecule has 2 saturated carbocycles. The topological polar surface area (TPSA) is 43.8 Å². The molecule has 0 radical (unpaired) electrons. The number of unbranched alkanes of at least 4 members (excludes halogenated alkanes) is 1. The first-order chi connectivity index (χ1) is 10.3. The second kappa shape index (κ2) is 6.85. The van der Waals surface area contributed by atoms with Gasteiger partial charge in [0.25, 0.3) is 0 Å². The molecule has 1 heterocycles. The van der Waals surface area contributed by atoms with Gasteiger partial charge in [0.15, 0.2) is 0 Å². The molecule has 2 aliphatic rings. The monoisotopic (exact) mass is 289 g/mol. The molecule has 0 atom stereocenters. The standard InChI is InChI=1S/C18H31N3/c1-2-3-13-21-17(19)16(14-9-5-4-6-10-14)20-18(21)15-11-7-8-12-15/h14-15H,2-13,19H2,1H3. The van der Waals surface area contributed by atoms with E-state index in [1.165, 1.54) is 82.1 Å². The number of nitrogen functional groups attached to an aromatic ring is 1. The van der Waals surface area contributed by atoms with Crippen molar-refractivity contribution < 1.29 is 0 Å². The van der Waals surface area contributed by atoms with Crippen molar-refractivity contribution in [3.05, 3.63) is 11.5 Å². The zero-order valence-electron chi connectivity index (χ0n) is 13.6. The van der Waals surface area contributed by atoms with Gasteiger partial charge in [0, 0.05) is 18.4 Å². The highest BCUT2D eigenvalue weighted by atomic mass is 15.1. The fraction of sp³-hybridized carbons (Fsp3) is 0.833. The van der Waals surface area contributed by atoms with E-state index in [0.29, 0.717) is 11.8 Å². The van der Waals surface area contributed by atoms with Gasteiger partial charge in [-0.3, -0.25) is 0 Å². The number of nitrogens with zero attached hydrogens (tertiary/aromatic N) is 2. The van der Waals surface area contributed by atoms with E-state index in [4.69, 9.17) is 10.7 Å². The molecule has 0 spiro atoms. The second-order valence-electron chi connectivity index (χ2n) is 7.06. The summed E-state index contributed by atoms with van der Waals surface area (Å²) in [6, 6.07) is 0. The molecule has 2 aliphatic carbocycles. The van der Waals surface area contributed by atoms with Crippen LogP contribution in [0.1, 0.15) is 101 Å². The van der Waals surface area contributed by atoms with Crippen LogP contribution in [0.25, 0.3) is 0 Å². The maximum absolute atomic E-state index is 6.54. The van der Waals surface area contributed by atoms with E-state index in [1.54, 1.807) is 0 Å². The van der Waals surface area contributed by atoms with Crippen LogP contribution in [-0.2, 0) is 6.54 Å². The summed E-state index contributed by atoms with van der Waals surface area (Å²) >= 11 is 0. The summed E-state index contributed by atoms with van der Waals surface area (Å²) in [6.45, 7) is 3.32. The highest BCUT2D eigenvalue weighted by Gasteiger charge is 2.28. The Hall–Kier alpha value is -0.990. The van der Waals surface area contributed by atoms with Gasteiger partial charge in [-0.2, -0.15) is 0 Å². The molecule has 3 nitrogen and oxygen atoms in total. The highest BCUT2D eigenvalue weighted by Crippen LogP contribution is 2.40. The normalized spacial score (nSPS) is 21.2. The lowest BCUT2D eigenvalue weighted by molar-refractivity contribution is 0.438. The molecular weight excluding hydrogens is 258 g/mol. The van der Waals surface area contributed by atoms with E-state index in [2.05, 4.69) is 11.5 Å². The summed E-state index contributed by atoms with van der Waals surface area (Å²) in [5, 5.41) is 0. The number of aromatic nitrogens is 2. The van der Waals surface area contributed by atoms with Crippen LogP contribution in [0.15, 0.2) is 0 Å². The van der Waals surface area contributed by atoms with Crippen molar-refractivity contribution >= 4 is 5.82 Å². The smallest absolute Gasteiger partial charge is 0.127 e. The Morgan fingerprint density at radius 2 is 1.62 bits per heavy atom. The minimum Gasteiger partial charge on any atom is -0.384 e. The molecule has 21 heavy (non-hydrogen) atoms. The van der Waals surface area contributed by atoms with Crippen molar-refractivity contribution in [3.8, 4) is 0 Å².